The topological polar surface area (TPSA) is 34.6 Å². The molecule has 2 aromatic carbocycles. The van der Waals surface area contributed by atoms with Crippen molar-refractivity contribution in [2.75, 3.05) is 16.8 Å². The summed E-state index contributed by atoms with van der Waals surface area (Å²) in [5.74, 6) is 0. The zero-order chi connectivity index (χ0) is 17.6. The van der Waals surface area contributed by atoms with Crippen LogP contribution in [0.15, 0.2) is 24.3 Å². The first-order valence-corrected chi connectivity index (χ1v) is 7.95. The zero-order valence-corrected chi connectivity index (χ0v) is 14.7. The van der Waals surface area contributed by atoms with Crippen molar-refractivity contribution in [2.45, 2.75) is 33.9 Å². The number of benzene rings is 2. The molecule has 120 valence electrons. The normalized spacial score (nSPS) is 15.9. The van der Waals surface area contributed by atoms with Crippen LogP contribution in [0.3, 0.4) is 0 Å². The van der Waals surface area contributed by atoms with Crippen LogP contribution < -0.4 is 9.80 Å². The van der Waals surface area contributed by atoms with E-state index in [1.165, 1.54) is 16.7 Å². The third-order valence-electron chi connectivity index (χ3n) is 5.04. The molecule has 0 N–H and O–H groups in total. The van der Waals surface area contributed by atoms with Gasteiger partial charge in [-0.25, -0.2) is 4.85 Å². The highest BCUT2D eigenvalue weighted by Gasteiger charge is 2.37. The van der Waals surface area contributed by atoms with Crippen LogP contribution in [0.25, 0.3) is 4.85 Å². The summed E-state index contributed by atoms with van der Waals surface area (Å²) in [7, 11) is 1.98. The molecule has 4 heteroatoms. The first kappa shape index (κ1) is 15.9. The maximum Gasteiger partial charge on any atom is 0.212 e. The van der Waals surface area contributed by atoms with Crippen molar-refractivity contribution < 1.29 is 0 Å². The van der Waals surface area contributed by atoms with E-state index in [0.717, 1.165) is 17.1 Å². The molecular formula is C20H20N4. The summed E-state index contributed by atoms with van der Waals surface area (Å²) in [4.78, 5) is 8.01. The molecular weight excluding hydrogens is 296 g/mol. The van der Waals surface area contributed by atoms with Crippen molar-refractivity contribution in [3.8, 4) is 6.07 Å². The van der Waals surface area contributed by atoms with Gasteiger partial charge in [-0.1, -0.05) is 24.3 Å². The number of hydrogen-bond acceptors (Lipinski definition) is 3. The number of nitrogens with zero attached hydrogens (tertiary/aromatic N) is 4. The molecule has 0 saturated heterocycles. The van der Waals surface area contributed by atoms with E-state index in [9.17, 15) is 5.26 Å². The van der Waals surface area contributed by atoms with Gasteiger partial charge in [0.1, 0.15) is 12.2 Å². The van der Waals surface area contributed by atoms with E-state index in [2.05, 4.69) is 60.5 Å². The predicted molar refractivity (Wildman–Crippen MR) is 98.1 cm³/mol. The fourth-order valence-corrected chi connectivity index (χ4v) is 3.50. The zero-order valence-electron chi connectivity index (χ0n) is 14.7. The highest BCUT2D eigenvalue weighted by Crippen LogP contribution is 2.51. The Morgan fingerprint density at radius 2 is 1.71 bits per heavy atom. The maximum absolute atomic E-state index is 9.51. The Morgan fingerprint density at radius 3 is 2.33 bits per heavy atom. The summed E-state index contributed by atoms with van der Waals surface area (Å²) in [5, 5.41) is 9.51. The van der Waals surface area contributed by atoms with Gasteiger partial charge >= 0.3 is 0 Å². The van der Waals surface area contributed by atoms with Gasteiger partial charge in [0.15, 0.2) is 0 Å². The molecule has 0 spiro atoms. The lowest BCUT2D eigenvalue weighted by Crippen LogP contribution is -2.36. The van der Waals surface area contributed by atoms with Gasteiger partial charge in [0.05, 0.1) is 23.5 Å². The number of fused-ring (bicyclic) bond motifs is 1. The van der Waals surface area contributed by atoms with E-state index in [1.54, 1.807) is 12.1 Å². The number of hydrogen-bond donors (Lipinski definition) is 0. The summed E-state index contributed by atoms with van der Waals surface area (Å²) in [5.41, 5.74) is 7.62. The maximum atomic E-state index is 9.51. The predicted octanol–water partition coefficient (Wildman–Crippen LogP) is 4.97. The quantitative estimate of drug-likeness (QED) is 0.697. The van der Waals surface area contributed by atoms with E-state index in [-0.39, 0.29) is 6.17 Å². The van der Waals surface area contributed by atoms with E-state index in [1.807, 2.05) is 7.05 Å². The molecule has 3 rings (SSSR count). The Hall–Kier alpha value is -2.98. The third kappa shape index (κ3) is 2.04. The van der Waals surface area contributed by atoms with Crippen molar-refractivity contribution in [2.24, 2.45) is 0 Å². The van der Waals surface area contributed by atoms with Crippen molar-refractivity contribution in [1.29, 1.82) is 5.26 Å². The van der Waals surface area contributed by atoms with Crippen LogP contribution in [0.2, 0.25) is 0 Å². The molecule has 24 heavy (non-hydrogen) atoms. The minimum Gasteiger partial charge on any atom is -0.353 e. The Morgan fingerprint density at radius 1 is 1.04 bits per heavy atom. The van der Waals surface area contributed by atoms with Gasteiger partial charge in [0.2, 0.25) is 5.69 Å². The number of nitriles is 1. The monoisotopic (exact) mass is 316 g/mol. The SMILES string of the molecule is [C-]#[N+]c1ccc(C#N)c2c1N(c1c(C)ccc(C)c1C)[C@@H](C)N2C. The first-order chi connectivity index (χ1) is 11.4. The van der Waals surface area contributed by atoms with Crippen molar-refractivity contribution in [3.63, 3.8) is 0 Å². The van der Waals surface area contributed by atoms with Gasteiger partial charge in [0.25, 0.3) is 0 Å². The Labute approximate surface area is 143 Å². The standard InChI is InChI=1S/C20H20N4/c1-12-7-8-13(2)18(14(12)3)24-15(4)23(6)19-16(11-21)9-10-17(22-5)20(19)24/h7-10,15H,1-4,6H3/t15-/m0/s1. The number of rotatable bonds is 1. The summed E-state index contributed by atoms with van der Waals surface area (Å²) in [6, 6.07) is 10.0. The average molecular weight is 316 g/mol. The lowest BCUT2D eigenvalue weighted by atomic mass is 10.0. The summed E-state index contributed by atoms with van der Waals surface area (Å²) in [6.07, 6.45) is 0.0363. The fourth-order valence-electron chi connectivity index (χ4n) is 3.50. The van der Waals surface area contributed by atoms with E-state index < -0.39 is 0 Å². The summed E-state index contributed by atoms with van der Waals surface area (Å²) >= 11 is 0. The molecule has 4 nitrogen and oxygen atoms in total. The fraction of sp³-hybridized carbons (Fsp3) is 0.300. The molecule has 1 atom stereocenters. The molecule has 1 aliphatic rings. The molecule has 0 aromatic heterocycles. The molecule has 1 aliphatic heterocycles. The molecule has 0 radical (unpaired) electrons. The van der Waals surface area contributed by atoms with Crippen molar-refractivity contribution in [1.82, 2.24) is 0 Å². The van der Waals surface area contributed by atoms with E-state index in [4.69, 9.17) is 6.57 Å². The third-order valence-corrected chi connectivity index (χ3v) is 5.04. The van der Waals surface area contributed by atoms with Gasteiger partial charge < -0.3 is 9.80 Å². The highest BCUT2D eigenvalue weighted by atomic mass is 15.4. The number of aryl methyl sites for hydroxylation is 2. The molecule has 0 saturated carbocycles. The van der Waals surface area contributed by atoms with Gasteiger partial charge in [-0.3, -0.25) is 0 Å². The van der Waals surface area contributed by atoms with Crippen LogP contribution in [0, 0.1) is 38.7 Å². The molecule has 2 aromatic rings. The lowest BCUT2D eigenvalue weighted by Gasteiger charge is -2.31. The smallest absolute Gasteiger partial charge is 0.212 e. The molecule has 0 aliphatic carbocycles. The van der Waals surface area contributed by atoms with Crippen LogP contribution in [0.1, 0.15) is 29.2 Å². The molecule has 0 bridgehead atoms. The number of anilines is 3. The van der Waals surface area contributed by atoms with E-state index >= 15 is 0 Å². The average Bonchev–Trinajstić information content (AvgIpc) is 2.84. The van der Waals surface area contributed by atoms with Crippen LogP contribution >= 0.6 is 0 Å². The van der Waals surface area contributed by atoms with Crippen LogP contribution in [0.4, 0.5) is 22.7 Å². The second-order valence-electron chi connectivity index (χ2n) is 6.34. The van der Waals surface area contributed by atoms with Gasteiger partial charge in [-0.2, -0.15) is 5.26 Å². The van der Waals surface area contributed by atoms with Gasteiger partial charge in [0, 0.05) is 12.7 Å². The Kier molecular flexibility index (Phi) is 3.70. The molecule has 0 fully saturated rings. The van der Waals surface area contributed by atoms with Gasteiger partial charge in [-0.15, -0.1) is 0 Å². The van der Waals surface area contributed by atoms with Crippen LogP contribution in [-0.4, -0.2) is 13.2 Å². The van der Waals surface area contributed by atoms with Crippen LogP contribution in [0.5, 0.6) is 0 Å². The Balaban J connectivity index is 2.38. The summed E-state index contributed by atoms with van der Waals surface area (Å²) < 4.78 is 0. The molecule has 0 unspecified atom stereocenters. The second-order valence-corrected chi connectivity index (χ2v) is 6.34. The van der Waals surface area contributed by atoms with Crippen molar-refractivity contribution >= 4 is 22.7 Å². The Bertz CT molecular complexity index is 915. The van der Waals surface area contributed by atoms with Crippen LogP contribution in [-0.2, 0) is 0 Å². The van der Waals surface area contributed by atoms with Gasteiger partial charge in [-0.05, 0) is 44.4 Å². The minimum absolute atomic E-state index is 0.0363. The summed E-state index contributed by atoms with van der Waals surface area (Å²) in [6.45, 7) is 16.0. The molecule has 0 amide bonds. The first-order valence-electron chi connectivity index (χ1n) is 7.95. The van der Waals surface area contributed by atoms with Crippen molar-refractivity contribution in [3.05, 3.63) is 57.9 Å². The largest absolute Gasteiger partial charge is 0.353 e. The minimum atomic E-state index is 0.0363. The molecule has 1 heterocycles. The van der Waals surface area contributed by atoms with E-state index in [0.29, 0.717) is 11.3 Å². The highest BCUT2D eigenvalue weighted by molar-refractivity contribution is 5.96. The second kappa shape index (κ2) is 5.58. The lowest BCUT2D eigenvalue weighted by molar-refractivity contribution is 0.730.